The molecule has 0 radical (unpaired) electrons. The zero-order valence-electron chi connectivity index (χ0n) is 12.0. The van der Waals surface area contributed by atoms with Gasteiger partial charge in [0.1, 0.15) is 0 Å². The van der Waals surface area contributed by atoms with Gasteiger partial charge < -0.3 is 10.6 Å². The van der Waals surface area contributed by atoms with E-state index < -0.39 is 0 Å². The van der Waals surface area contributed by atoms with E-state index in [1.165, 1.54) is 0 Å². The maximum absolute atomic E-state index is 6.13. The Morgan fingerprint density at radius 2 is 2.05 bits per heavy atom. The lowest BCUT2D eigenvalue weighted by molar-refractivity contribution is 0.804. The fourth-order valence-electron chi connectivity index (χ4n) is 1.61. The van der Waals surface area contributed by atoms with Crippen molar-refractivity contribution in [2.75, 3.05) is 31.6 Å². The number of benzene rings is 1. The van der Waals surface area contributed by atoms with Crippen molar-refractivity contribution in [2.45, 2.75) is 13.3 Å². The van der Waals surface area contributed by atoms with E-state index in [4.69, 9.17) is 11.6 Å². The van der Waals surface area contributed by atoms with Crippen LogP contribution in [0.15, 0.2) is 29.3 Å². The van der Waals surface area contributed by atoms with E-state index in [2.05, 4.69) is 34.9 Å². The zero-order valence-corrected chi connectivity index (χ0v) is 15.9. The van der Waals surface area contributed by atoms with Crippen molar-refractivity contribution < 1.29 is 0 Å². The Bertz CT molecular complexity index is 402. The van der Waals surface area contributed by atoms with E-state index in [9.17, 15) is 0 Å². The molecule has 0 aliphatic rings. The number of nitrogens with zero attached hydrogens (tertiary/aromatic N) is 1. The number of halogens is 2. The molecule has 1 aromatic rings. The van der Waals surface area contributed by atoms with Gasteiger partial charge in [-0.3, -0.25) is 4.99 Å². The van der Waals surface area contributed by atoms with Crippen molar-refractivity contribution in [1.29, 1.82) is 0 Å². The van der Waals surface area contributed by atoms with Gasteiger partial charge in [0.05, 0.1) is 6.54 Å². The van der Waals surface area contributed by atoms with Crippen LogP contribution in [0.25, 0.3) is 0 Å². The minimum atomic E-state index is 0. The molecule has 0 bridgehead atoms. The average Bonchev–Trinajstić information content (AvgIpc) is 2.41. The summed E-state index contributed by atoms with van der Waals surface area (Å²) in [6.45, 7) is 4.61. The molecule has 0 atom stereocenters. The fraction of sp³-hybridized carbons (Fsp3) is 0.500. The molecule has 3 nitrogen and oxygen atoms in total. The van der Waals surface area contributed by atoms with Crippen molar-refractivity contribution >= 4 is 53.3 Å². The van der Waals surface area contributed by atoms with Crippen LogP contribution >= 0.6 is 47.3 Å². The maximum Gasteiger partial charge on any atom is 0.191 e. The monoisotopic (exact) mass is 427 g/mol. The Hall–Kier alpha value is -0.140. The molecular formula is C14H23ClIN3S. The minimum Gasteiger partial charge on any atom is -0.357 e. The summed E-state index contributed by atoms with van der Waals surface area (Å²) < 4.78 is 0. The van der Waals surface area contributed by atoms with Crippen molar-refractivity contribution in [3.05, 3.63) is 34.9 Å². The van der Waals surface area contributed by atoms with Gasteiger partial charge in [0.2, 0.25) is 0 Å². The number of hydrogen-bond acceptors (Lipinski definition) is 2. The van der Waals surface area contributed by atoms with Gasteiger partial charge in [0.15, 0.2) is 5.96 Å². The summed E-state index contributed by atoms with van der Waals surface area (Å²) in [6.07, 6.45) is 2.99. The van der Waals surface area contributed by atoms with Crippen molar-refractivity contribution in [1.82, 2.24) is 10.6 Å². The van der Waals surface area contributed by atoms with Crippen LogP contribution in [0.2, 0.25) is 5.02 Å². The van der Waals surface area contributed by atoms with E-state index in [1.807, 2.05) is 18.2 Å². The largest absolute Gasteiger partial charge is 0.357 e. The van der Waals surface area contributed by atoms with Crippen LogP contribution in [0.4, 0.5) is 0 Å². The first-order valence-electron chi connectivity index (χ1n) is 6.52. The van der Waals surface area contributed by atoms with E-state index in [-0.39, 0.29) is 24.0 Å². The molecular weight excluding hydrogens is 405 g/mol. The Balaban J connectivity index is 0.00000361. The van der Waals surface area contributed by atoms with Crippen LogP contribution in [0.5, 0.6) is 0 Å². The van der Waals surface area contributed by atoms with Gasteiger partial charge in [-0.2, -0.15) is 11.8 Å². The number of aliphatic imine (C=N–C) groups is 1. The number of nitrogens with one attached hydrogen (secondary N) is 2. The first kappa shape index (κ1) is 19.9. The predicted octanol–water partition coefficient (Wildman–Crippen LogP) is 3.42. The first-order chi connectivity index (χ1) is 9.27. The normalized spacial score (nSPS) is 10.8. The molecule has 0 unspecified atom stereocenters. The molecule has 2 N–H and O–H groups in total. The molecule has 0 saturated carbocycles. The summed E-state index contributed by atoms with van der Waals surface area (Å²) in [5, 5.41) is 7.39. The van der Waals surface area contributed by atoms with E-state index in [0.29, 0.717) is 0 Å². The minimum absolute atomic E-state index is 0. The third-order valence-corrected chi connectivity index (χ3v) is 3.51. The van der Waals surface area contributed by atoms with Crippen LogP contribution in [-0.2, 0) is 6.42 Å². The van der Waals surface area contributed by atoms with Crippen LogP contribution in [0.3, 0.4) is 0 Å². The van der Waals surface area contributed by atoms with Crippen LogP contribution in [-0.4, -0.2) is 37.6 Å². The van der Waals surface area contributed by atoms with Crippen molar-refractivity contribution in [3.63, 3.8) is 0 Å². The first-order valence-corrected chi connectivity index (χ1v) is 8.29. The van der Waals surface area contributed by atoms with Gasteiger partial charge in [0, 0.05) is 23.9 Å². The predicted molar refractivity (Wildman–Crippen MR) is 103 cm³/mol. The van der Waals surface area contributed by atoms with Gasteiger partial charge in [0.25, 0.3) is 0 Å². The second kappa shape index (κ2) is 12.6. The van der Waals surface area contributed by atoms with Crippen molar-refractivity contribution in [2.24, 2.45) is 4.99 Å². The Labute approximate surface area is 148 Å². The van der Waals surface area contributed by atoms with Crippen LogP contribution in [0, 0.1) is 0 Å². The lowest BCUT2D eigenvalue weighted by Gasteiger charge is -2.11. The Morgan fingerprint density at radius 1 is 1.30 bits per heavy atom. The van der Waals surface area contributed by atoms with Gasteiger partial charge in [-0.1, -0.05) is 29.8 Å². The molecule has 0 heterocycles. The average molecular weight is 428 g/mol. The summed E-state index contributed by atoms with van der Waals surface area (Å²) in [5.74, 6) is 1.92. The maximum atomic E-state index is 6.13. The molecule has 0 spiro atoms. The molecule has 1 rings (SSSR count). The van der Waals surface area contributed by atoms with Gasteiger partial charge in [-0.25, -0.2) is 0 Å². The topological polar surface area (TPSA) is 36.4 Å². The quantitative estimate of drug-likeness (QED) is 0.303. The molecule has 114 valence electrons. The molecule has 1 aromatic carbocycles. The molecule has 0 fully saturated rings. The van der Waals surface area contributed by atoms with Gasteiger partial charge >= 0.3 is 0 Å². The molecule has 0 aliphatic carbocycles. The number of hydrogen-bond donors (Lipinski definition) is 2. The van der Waals surface area contributed by atoms with E-state index >= 15 is 0 Å². The van der Waals surface area contributed by atoms with E-state index in [1.54, 1.807) is 11.8 Å². The molecule has 6 heteroatoms. The standard InChI is InChI=1S/C14H22ClN3S.HI/c1-3-16-14(18-10-11-19-2)17-9-8-12-6-4-5-7-13(12)15;/h4-7H,3,8-11H2,1-2H3,(H2,16,17,18);1H. The summed E-state index contributed by atoms with van der Waals surface area (Å²) in [5.41, 5.74) is 1.16. The second-order valence-electron chi connectivity index (χ2n) is 4.02. The highest BCUT2D eigenvalue weighted by Gasteiger charge is 2.00. The Morgan fingerprint density at radius 3 is 2.70 bits per heavy atom. The van der Waals surface area contributed by atoms with Gasteiger partial charge in [-0.05, 0) is 31.2 Å². The van der Waals surface area contributed by atoms with Crippen molar-refractivity contribution in [3.8, 4) is 0 Å². The fourth-order valence-corrected chi connectivity index (χ4v) is 2.11. The number of thioether (sulfide) groups is 1. The van der Waals surface area contributed by atoms with Gasteiger partial charge in [-0.15, -0.1) is 24.0 Å². The molecule has 0 saturated heterocycles. The lowest BCUT2D eigenvalue weighted by Crippen LogP contribution is -2.38. The summed E-state index contributed by atoms with van der Waals surface area (Å²) in [4.78, 5) is 4.50. The van der Waals surface area contributed by atoms with Crippen LogP contribution < -0.4 is 10.6 Å². The summed E-state index contributed by atoms with van der Waals surface area (Å²) >= 11 is 7.93. The molecule has 0 aromatic heterocycles. The summed E-state index contributed by atoms with van der Waals surface area (Å²) in [6, 6.07) is 7.95. The zero-order chi connectivity index (χ0) is 13.9. The second-order valence-corrected chi connectivity index (χ2v) is 5.41. The number of rotatable bonds is 7. The third kappa shape index (κ3) is 8.21. The molecule has 0 amide bonds. The SMILES string of the molecule is CCNC(=NCCSC)NCCc1ccccc1Cl.I. The summed E-state index contributed by atoms with van der Waals surface area (Å²) in [7, 11) is 0. The lowest BCUT2D eigenvalue weighted by atomic mass is 10.1. The van der Waals surface area contributed by atoms with E-state index in [0.717, 1.165) is 48.4 Å². The highest BCUT2D eigenvalue weighted by atomic mass is 127. The molecule has 0 aliphatic heterocycles. The molecule has 20 heavy (non-hydrogen) atoms. The number of guanidine groups is 1. The smallest absolute Gasteiger partial charge is 0.191 e. The third-order valence-electron chi connectivity index (χ3n) is 2.55. The highest BCUT2D eigenvalue weighted by molar-refractivity contribution is 14.0. The highest BCUT2D eigenvalue weighted by Crippen LogP contribution is 2.14. The Kier molecular flexibility index (Phi) is 12.5. The van der Waals surface area contributed by atoms with Crippen LogP contribution in [0.1, 0.15) is 12.5 Å².